The Morgan fingerprint density at radius 1 is 1.32 bits per heavy atom. The van der Waals surface area contributed by atoms with Gasteiger partial charge in [0.15, 0.2) is 0 Å². The van der Waals surface area contributed by atoms with Crippen molar-refractivity contribution in [3.63, 3.8) is 0 Å². The van der Waals surface area contributed by atoms with Crippen LogP contribution in [0.2, 0.25) is 0 Å². The number of carbonyl (C=O) groups excluding carboxylic acids is 1. The molecular weight excluding hydrogens is 334 g/mol. The molecule has 1 fully saturated rings. The number of rotatable bonds is 6. The fraction of sp³-hybridized carbons (Fsp3) is 0.333. The SMILES string of the molecule is N#CC1(NC(=O)CSc2n[nH]c(/C=C/c3ccccc3)n2)CCCC1. The molecule has 0 saturated heterocycles. The first-order chi connectivity index (χ1) is 12.2. The summed E-state index contributed by atoms with van der Waals surface area (Å²) in [6, 6.07) is 12.2. The molecule has 0 radical (unpaired) electrons. The molecule has 128 valence electrons. The zero-order valence-corrected chi connectivity index (χ0v) is 14.6. The monoisotopic (exact) mass is 353 g/mol. The van der Waals surface area contributed by atoms with Gasteiger partial charge in [0, 0.05) is 0 Å². The van der Waals surface area contributed by atoms with Crippen molar-refractivity contribution in [3.05, 3.63) is 41.7 Å². The van der Waals surface area contributed by atoms with Gasteiger partial charge in [-0.1, -0.05) is 48.2 Å². The van der Waals surface area contributed by atoms with Crippen LogP contribution in [0.1, 0.15) is 37.1 Å². The van der Waals surface area contributed by atoms with Gasteiger partial charge in [0.2, 0.25) is 11.1 Å². The first kappa shape index (κ1) is 17.2. The van der Waals surface area contributed by atoms with E-state index in [0.717, 1.165) is 31.2 Å². The topological polar surface area (TPSA) is 94.5 Å². The van der Waals surface area contributed by atoms with Crippen LogP contribution in [0.5, 0.6) is 0 Å². The van der Waals surface area contributed by atoms with Crippen LogP contribution in [0.3, 0.4) is 0 Å². The summed E-state index contributed by atoms with van der Waals surface area (Å²) in [7, 11) is 0. The lowest BCUT2D eigenvalue weighted by atomic mass is 10.0. The maximum absolute atomic E-state index is 12.1. The zero-order valence-electron chi connectivity index (χ0n) is 13.7. The molecule has 7 heteroatoms. The van der Waals surface area contributed by atoms with Gasteiger partial charge in [0.1, 0.15) is 11.4 Å². The summed E-state index contributed by atoms with van der Waals surface area (Å²) in [6.45, 7) is 0. The first-order valence-electron chi connectivity index (χ1n) is 8.20. The third kappa shape index (κ3) is 4.70. The van der Waals surface area contributed by atoms with Crippen LogP contribution in [0.15, 0.2) is 35.5 Å². The average molecular weight is 353 g/mol. The van der Waals surface area contributed by atoms with E-state index >= 15 is 0 Å². The van der Waals surface area contributed by atoms with Gasteiger partial charge in [-0.25, -0.2) is 4.98 Å². The molecule has 1 amide bonds. The molecule has 0 unspecified atom stereocenters. The Balaban J connectivity index is 1.51. The molecule has 1 aromatic carbocycles. The quantitative estimate of drug-likeness (QED) is 0.779. The Morgan fingerprint density at radius 3 is 2.80 bits per heavy atom. The van der Waals surface area contributed by atoms with Crippen molar-refractivity contribution in [3.8, 4) is 6.07 Å². The highest BCUT2D eigenvalue weighted by molar-refractivity contribution is 7.99. The molecule has 3 rings (SSSR count). The van der Waals surface area contributed by atoms with E-state index in [-0.39, 0.29) is 11.7 Å². The van der Waals surface area contributed by atoms with Crippen LogP contribution >= 0.6 is 11.8 Å². The standard InChI is InChI=1S/C18H19N5OS/c19-13-18(10-4-5-11-18)21-16(24)12-25-17-20-15(22-23-17)9-8-14-6-2-1-3-7-14/h1-3,6-9H,4-5,10-12H2,(H,21,24)(H,20,22,23)/b9-8+. The number of nitriles is 1. The van der Waals surface area contributed by atoms with E-state index in [4.69, 9.17) is 0 Å². The van der Waals surface area contributed by atoms with Gasteiger partial charge in [0.25, 0.3) is 0 Å². The molecule has 1 heterocycles. The lowest BCUT2D eigenvalue weighted by Gasteiger charge is -2.21. The normalized spacial score (nSPS) is 16.0. The summed E-state index contributed by atoms with van der Waals surface area (Å²) in [5.74, 6) is 0.680. The van der Waals surface area contributed by atoms with E-state index < -0.39 is 5.54 Å². The number of thioether (sulfide) groups is 1. The highest BCUT2D eigenvalue weighted by Gasteiger charge is 2.35. The van der Waals surface area contributed by atoms with E-state index in [1.807, 2.05) is 42.5 Å². The minimum Gasteiger partial charge on any atom is -0.337 e. The Bertz CT molecular complexity index is 787. The largest absolute Gasteiger partial charge is 0.337 e. The summed E-state index contributed by atoms with van der Waals surface area (Å²) in [5.41, 5.74) is 0.395. The molecule has 2 aromatic rings. The van der Waals surface area contributed by atoms with Crippen LogP contribution in [0.4, 0.5) is 0 Å². The van der Waals surface area contributed by atoms with Crippen molar-refractivity contribution >= 4 is 29.8 Å². The first-order valence-corrected chi connectivity index (χ1v) is 9.18. The average Bonchev–Trinajstić information content (AvgIpc) is 3.29. The number of carbonyl (C=O) groups is 1. The molecule has 0 aliphatic heterocycles. The molecule has 0 spiro atoms. The van der Waals surface area contributed by atoms with E-state index in [1.165, 1.54) is 11.8 Å². The lowest BCUT2D eigenvalue weighted by molar-refractivity contribution is -0.119. The molecule has 1 aromatic heterocycles. The van der Waals surface area contributed by atoms with Crippen LogP contribution in [-0.4, -0.2) is 32.4 Å². The smallest absolute Gasteiger partial charge is 0.231 e. The van der Waals surface area contributed by atoms with Gasteiger partial charge in [-0.15, -0.1) is 5.10 Å². The second-order valence-electron chi connectivity index (χ2n) is 5.99. The Hall–Kier alpha value is -2.59. The van der Waals surface area contributed by atoms with Gasteiger partial charge in [-0.05, 0) is 37.3 Å². The second-order valence-corrected chi connectivity index (χ2v) is 6.93. The molecule has 1 saturated carbocycles. The number of hydrogen-bond acceptors (Lipinski definition) is 5. The maximum atomic E-state index is 12.1. The highest BCUT2D eigenvalue weighted by Crippen LogP contribution is 2.29. The summed E-state index contributed by atoms with van der Waals surface area (Å²) in [5, 5.41) is 19.6. The van der Waals surface area contributed by atoms with Crippen molar-refractivity contribution in [2.75, 3.05) is 5.75 Å². The van der Waals surface area contributed by atoms with Crippen LogP contribution in [0, 0.1) is 11.3 Å². The maximum Gasteiger partial charge on any atom is 0.231 e. The van der Waals surface area contributed by atoms with Crippen LogP contribution in [-0.2, 0) is 4.79 Å². The predicted molar refractivity (Wildman–Crippen MR) is 97.4 cm³/mol. The van der Waals surface area contributed by atoms with Crippen molar-refractivity contribution < 1.29 is 4.79 Å². The fourth-order valence-corrected chi connectivity index (χ4v) is 3.42. The zero-order chi connectivity index (χ0) is 17.5. The minimum absolute atomic E-state index is 0.153. The molecule has 2 N–H and O–H groups in total. The number of aromatic amines is 1. The van der Waals surface area contributed by atoms with Crippen molar-refractivity contribution in [1.29, 1.82) is 5.26 Å². The van der Waals surface area contributed by atoms with E-state index in [2.05, 4.69) is 26.6 Å². The number of aromatic nitrogens is 3. The molecule has 1 aliphatic carbocycles. The van der Waals surface area contributed by atoms with Crippen LogP contribution < -0.4 is 5.32 Å². The Morgan fingerprint density at radius 2 is 2.08 bits per heavy atom. The molecule has 0 atom stereocenters. The number of H-pyrrole nitrogens is 1. The number of hydrogen-bond donors (Lipinski definition) is 2. The number of benzene rings is 1. The lowest BCUT2D eigenvalue weighted by Crippen LogP contribution is -2.45. The summed E-state index contributed by atoms with van der Waals surface area (Å²) >= 11 is 1.25. The third-order valence-corrected chi connectivity index (χ3v) is 4.94. The summed E-state index contributed by atoms with van der Waals surface area (Å²) in [6.07, 6.45) is 7.22. The minimum atomic E-state index is -0.680. The summed E-state index contributed by atoms with van der Waals surface area (Å²) < 4.78 is 0. The van der Waals surface area contributed by atoms with Gasteiger partial charge >= 0.3 is 0 Å². The van der Waals surface area contributed by atoms with Crippen molar-refractivity contribution in [2.24, 2.45) is 0 Å². The molecular formula is C18H19N5OS. The number of nitrogens with zero attached hydrogens (tertiary/aromatic N) is 3. The fourth-order valence-electron chi connectivity index (χ4n) is 2.81. The van der Waals surface area contributed by atoms with E-state index in [9.17, 15) is 10.1 Å². The Kier molecular flexibility index (Phi) is 5.51. The highest BCUT2D eigenvalue weighted by atomic mass is 32.2. The predicted octanol–water partition coefficient (Wildman–Crippen LogP) is 3.02. The number of amides is 1. The van der Waals surface area contributed by atoms with Gasteiger partial charge < -0.3 is 5.32 Å². The van der Waals surface area contributed by atoms with Crippen molar-refractivity contribution in [2.45, 2.75) is 36.4 Å². The molecule has 0 bridgehead atoms. The molecule has 25 heavy (non-hydrogen) atoms. The second kappa shape index (κ2) is 7.99. The summed E-state index contributed by atoms with van der Waals surface area (Å²) in [4.78, 5) is 16.4. The van der Waals surface area contributed by atoms with Gasteiger partial charge in [-0.2, -0.15) is 5.26 Å². The van der Waals surface area contributed by atoms with E-state index in [1.54, 1.807) is 0 Å². The molecule has 6 nitrogen and oxygen atoms in total. The van der Waals surface area contributed by atoms with Gasteiger partial charge in [0.05, 0.1) is 11.8 Å². The van der Waals surface area contributed by atoms with E-state index in [0.29, 0.717) is 11.0 Å². The molecule has 1 aliphatic rings. The van der Waals surface area contributed by atoms with Gasteiger partial charge in [-0.3, -0.25) is 9.89 Å². The third-order valence-electron chi connectivity index (χ3n) is 4.10. The van der Waals surface area contributed by atoms with Crippen LogP contribution in [0.25, 0.3) is 12.2 Å². The Labute approximate surface area is 150 Å². The number of nitrogens with one attached hydrogen (secondary N) is 2. The van der Waals surface area contributed by atoms with Crippen molar-refractivity contribution in [1.82, 2.24) is 20.5 Å².